The van der Waals surface area contributed by atoms with Crippen LogP contribution in [0.4, 0.5) is 5.82 Å². The predicted octanol–water partition coefficient (Wildman–Crippen LogP) is 3.52. The van der Waals surface area contributed by atoms with Gasteiger partial charge in [0.1, 0.15) is 16.9 Å². The van der Waals surface area contributed by atoms with Crippen LogP contribution in [0.3, 0.4) is 0 Å². The van der Waals surface area contributed by atoms with Crippen molar-refractivity contribution in [2.24, 2.45) is 11.1 Å². The maximum Gasteiger partial charge on any atom is 0.260 e. The monoisotopic (exact) mass is 1350 g/mol. The predicted molar refractivity (Wildman–Crippen MR) is 351 cm³/mol. The highest BCUT2D eigenvalue weighted by Gasteiger charge is 2.28. The van der Waals surface area contributed by atoms with Crippen LogP contribution < -0.4 is 21.5 Å². The van der Waals surface area contributed by atoms with Crippen LogP contribution in [0.25, 0.3) is 11.0 Å². The molecule has 3 rings (SSSR count). The number of amides is 1. The Morgan fingerprint density at radius 1 is 0.457 bits per heavy atom. The number of ether oxygens (including phenoxy) is 21. The van der Waals surface area contributed by atoms with Gasteiger partial charge in [0.2, 0.25) is 5.91 Å². The number of carbonyl (C=O) groups excluding carboxylic acids is 1. The van der Waals surface area contributed by atoms with Crippen molar-refractivity contribution in [3.8, 4) is 5.88 Å². The first-order valence-corrected chi connectivity index (χ1v) is 33.4. The van der Waals surface area contributed by atoms with E-state index in [2.05, 4.69) is 39.1 Å². The number of nitrogens with zero attached hydrogens (tertiary/aromatic N) is 4. The lowest BCUT2D eigenvalue weighted by atomic mass is 9.93. The van der Waals surface area contributed by atoms with Gasteiger partial charge in [-0.3, -0.25) is 4.79 Å². The van der Waals surface area contributed by atoms with E-state index in [9.17, 15) is 4.79 Å². The lowest BCUT2D eigenvalue weighted by Gasteiger charge is -2.23. The van der Waals surface area contributed by atoms with Crippen molar-refractivity contribution in [2.75, 3.05) is 277 Å². The van der Waals surface area contributed by atoms with Crippen molar-refractivity contribution < 1.29 is 104 Å². The Hall–Kier alpha value is -4.00. The van der Waals surface area contributed by atoms with Gasteiger partial charge in [0, 0.05) is 26.1 Å². The molecule has 29 nitrogen and oxygen atoms in total. The van der Waals surface area contributed by atoms with Crippen LogP contribution in [0.5, 0.6) is 5.88 Å². The van der Waals surface area contributed by atoms with E-state index in [1.807, 2.05) is 39.8 Å². The topological polar surface area (TPSA) is 319 Å². The molecule has 5 N–H and O–H groups in total. The Morgan fingerprint density at radius 2 is 0.755 bits per heavy atom. The van der Waals surface area contributed by atoms with Crippen LogP contribution in [-0.4, -0.2) is 303 Å². The lowest BCUT2D eigenvalue weighted by Crippen LogP contribution is -2.39. The second kappa shape index (κ2) is 60.2. The Balaban J connectivity index is 0.947. The summed E-state index contributed by atoms with van der Waals surface area (Å²) >= 11 is 0. The molecule has 0 spiro atoms. The Bertz CT molecular complexity index is 2190. The summed E-state index contributed by atoms with van der Waals surface area (Å²) in [5.41, 5.74) is 14.2. The smallest absolute Gasteiger partial charge is 0.260 e. The highest BCUT2D eigenvalue weighted by atomic mass is 16.6. The highest BCUT2D eigenvalue weighted by Crippen LogP contribution is 2.30. The molecule has 2 aromatic heterocycles. The molecule has 0 saturated heterocycles. The molecule has 3 aromatic rings. The third-order valence-electron chi connectivity index (χ3n) is 13.1. The molecular formula is C65H117N7O22. The first kappa shape index (κ1) is 84.2. The summed E-state index contributed by atoms with van der Waals surface area (Å²) in [6.45, 7) is 30.2. The maximum atomic E-state index is 13.1. The molecule has 0 saturated carbocycles. The molecule has 0 aliphatic heterocycles. The van der Waals surface area contributed by atoms with E-state index >= 15 is 0 Å². The van der Waals surface area contributed by atoms with Crippen molar-refractivity contribution in [1.82, 2.24) is 25.1 Å². The van der Waals surface area contributed by atoms with Gasteiger partial charge in [-0.25, -0.2) is 4.98 Å². The van der Waals surface area contributed by atoms with E-state index in [-0.39, 0.29) is 24.4 Å². The molecule has 0 fully saturated rings. The van der Waals surface area contributed by atoms with E-state index in [1.165, 1.54) is 0 Å². The van der Waals surface area contributed by atoms with Gasteiger partial charge in [0.15, 0.2) is 5.82 Å². The zero-order chi connectivity index (χ0) is 67.3. The van der Waals surface area contributed by atoms with Crippen molar-refractivity contribution in [2.45, 2.75) is 73.1 Å². The van der Waals surface area contributed by atoms with Crippen LogP contribution in [0.1, 0.15) is 64.4 Å². The van der Waals surface area contributed by atoms with Gasteiger partial charge in [-0.1, -0.05) is 37.6 Å². The average molecular weight is 1350 g/mol. The standard InChI is InChI=1S/C65H117N7O22/c1-6-7-8-59-69-60-61(63(94-56(2)3)71-70-62(60)67)72(59)54-58-11-9-57(10-12-58)53-68-64(73)65(4,5)55-93-52-51-92-50-49-91-48-47-90-46-45-89-44-43-88-42-41-87-40-39-86-38-37-85-36-35-84-34-33-83-32-31-82-30-29-81-28-27-80-26-25-79-24-23-78-22-21-77-20-19-76-18-17-75-16-15-74-14-13-66/h9-12,56H,6-8,13-55,66H2,1-5H3,(H2,67,70)(H,68,73). The fourth-order valence-electron chi connectivity index (χ4n) is 8.11. The number of benzene rings is 1. The minimum atomic E-state index is -0.730. The van der Waals surface area contributed by atoms with E-state index in [4.69, 9.17) is 116 Å². The molecule has 0 aliphatic rings. The molecule has 0 radical (unpaired) electrons. The second-order valence-electron chi connectivity index (χ2n) is 21.8. The molecule has 0 unspecified atom stereocenters. The summed E-state index contributed by atoms with van der Waals surface area (Å²) in [4.78, 5) is 18.0. The second-order valence-corrected chi connectivity index (χ2v) is 21.8. The third-order valence-corrected chi connectivity index (χ3v) is 13.1. The molecular weight excluding hydrogens is 1230 g/mol. The lowest BCUT2D eigenvalue weighted by molar-refractivity contribution is -0.133. The minimum absolute atomic E-state index is 0.0889. The summed E-state index contributed by atoms with van der Waals surface area (Å²) in [7, 11) is 0. The molecule has 29 heteroatoms. The van der Waals surface area contributed by atoms with Crippen molar-refractivity contribution in [3.63, 3.8) is 0 Å². The average Bonchev–Trinajstić information content (AvgIpc) is 1.62. The van der Waals surface area contributed by atoms with Gasteiger partial charge in [-0.2, -0.15) is 0 Å². The summed E-state index contributed by atoms with van der Waals surface area (Å²) < 4.78 is 119. The number of aryl methyl sites for hydroxylation is 1. The number of hydrogen-bond donors (Lipinski definition) is 3. The van der Waals surface area contributed by atoms with E-state index in [1.54, 1.807) is 0 Å². The Labute approximate surface area is 558 Å². The number of imidazole rings is 1. The number of unbranched alkanes of at least 4 members (excludes halogenated alkanes) is 1. The molecule has 2 heterocycles. The maximum absolute atomic E-state index is 13.1. The number of carbonyl (C=O) groups is 1. The van der Waals surface area contributed by atoms with Crippen LogP contribution in [0.2, 0.25) is 0 Å². The quantitative estimate of drug-likeness (QED) is 0.0681. The van der Waals surface area contributed by atoms with E-state index in [0.717, 1.165) is 41.7 Å². The summed E-state index contributed by atoms with van der Waals surface area (Å²) in [5.74, 6) is 1.51. The number of nitrogens with two attached hydrogens (primary N) is 2. The number of nitrogens with one attached hydrogen (secondary N) is 1. The zero-order valence-electron chi connectivity index (χ0n) is 57.3. The van der Waals surface area contributed by atoms with E-state index < -0.39 is 5.41 Å². The molecule has 1 aromatic carbocycles. The molecule has 0 bridgehead atoms. The highest BCUT2D eigenvalue weighted by molar-refractivity contribution is 5.88. The van der Waals surface area contributed by atoms with Gasteiger partial charge >= 0.3 is 0 Å². The Morgan fingerprint density at radius 3 is 1.05 bits per heavy atom. The van der Waals surface area contributed by atoms with Crippen LogP contribution in [0, 0.1) is 5.41 Å². The minimum Gasteiger partial charge on any atom is -0.472 e. The van der Waals surface area contributed by atoms with Crippen molar-refractivity contribution in [1.29, 1.82) is 0 Å². The van der Waals surface area contributed by atoms with Crippen LogP contribution in [0.15, 0.2) is 24.3 Å². The van der Waals surface area contributed by atoms with Gasteiger partial charge in [-0.05, 0) is 45.2 Å². The normalized spacial score (nSPS) is 11.9. The fourth-order valence-corrected chi connectivity index (χ4v) is 8.11. The summed E-state index contributed by atoms with van der Waals surface area (Å²) in [6, 6.07) is 8.16. The molecule has 1 amide bonds. The van der Waals surface area contributed by atoms with Crippen LogP contribution in [-0.2, 0) is 119 Å². The molecule has 0 aliphatic carbocycles. The first-order chi connectivity index (χ1) is 46.2. The van der Waals surface area contributed by atoms with E-state index in [0.29, 0.717) is 289 Å². The van der Waals surface area contributed by atoms with Gasteiger partial charge < -0.3 is 121 Å². The number of aromatic nitrogens is 4. The summed E-state index contributed by atoms with van der Waals surface area (Å²) in [6.07, 6.45) is 2.73. The number of nitrogen functional groups attached to an aromatic ring is 1. The number of hydrogen-bond acceptors (Lipinski definition) is 27. The molecule has 0 atom stereocenters. The van der Waals surface area contributed by atoms with Gasteiger partial charge in [0.25, 0.3) is 5.88 Å². The zero-order valence-corrected chi connectivity index (χ0v) is 57.3. The SMILES string of the molecule is CCCCc1nc2c(N)nnc(OC(C)C)c2n1Cc1ccc(CNC(=O)C(C)(C)COCCOCCOCCOCCOCCOCCOCCOCCOCCOCCOCCOCCOCCOCCOCCOCCOCCOCCOCCOCCN)cc1. The fraction of sp³-hybridized carbons (Fsp3) is 0.815. The number of fused-ring (bicyclic) bond motifs is 1. The summed E-state index contributed by atoms with van der Waals surface area (Å²) in [5, 5.41) is 11.4. The molecule has 544 valence electrons. The van der Waals surface area contributed by atoms with Crippen LogP contribution >= 0.6 is 0 Å². The molecule has 94 heavy (non-hydrogen) atoms. The largest absolute Gasteiger partial charge is 0.472 e. The number of rotatable bonds is 71. The van der Waals surface area contributed by atoms with Crippen molar-refractivity contribution >= 4 is 22.8 Å². The number of anilines is 1. The third kappa shape index (κ3) is 45.5. The van der Waals surface area contributed by atoms with Crippen molar-refractivity contribution in [3.05, 3.63) is 41.2 Å². The van der Waals surface area contributed by atoms with Gasteiger partial charge in [-0.15, -0.1) is 10.2 Å². The Kier molecular flexibility index (Phi) is 53.9. The van der Waals surface area contributed by atoms with Gasteiger partial charge in [0.05, 0.1) is 276 Å². The first-order valence-electron chi connectivity index (χ1n) is 33.4.